The lowest BCUT2D eigenvalue weighted by atomic mass is 9.98. The van der Waals surface area contributed by atoms with Gasteiger partial charge in [0.25, 0.3) is 0 Å². The summed E-state index contributed by atoms with van der Waals surface area (Å²) in [6, 6.07) is 10.7. The molecule has 1 aromatic carbocycles. The summed E-state index contributed by atoms with van der Waals surface area (Å²) in [5, 5.41) is 3.01. The van der Waals surface area contributed by atoms with Crippen molar-refractivity contribution in [3.63, 3.8) is 0 Å². The van der Waals surface area contributed by atoms with Crippen LogP contribution in [0.4, 0.5) is 0 Å². The Balaban J connectivity index is 1.58. The molecule has 19 heavy (non-hydrogen) atoms. The number of nitrogens with one attached hydrogen (secondary N) is 1. The second kappa shape index (κ2) is 4.97. The number of carbonyl (C=O) groups excluding carboxylic acids is 1. The molecule has 3 rings (SSSR count). The second-order valence-electron chi connectivity index (χ2n) is 6.43. The Morgan fingerprint density at radius 2 is 1.89 bits per heavy atom. The molecule has 3 atom stereocenters. The van der Waals surface area contributed by atoms with E-state index in [-0.39, 0.29) is 5.54 Å². The van der Waals surface area contributed by atoms with Crippen molar-refractivity contribution in [1.29, 1.82) is 0 Å². The molecule has 0 aromatic heterocycles. The Bertz CT molecular complexity index is 431. The number of nitrogens with zero attached hydrogens (tertiary/aromatic N) is 1. The highest BCUT2D eigenvalue weighted by atomic mass is 16.1. The van der Waals surface area contributed by atoms with Gasteiger partial charge in [-0.15, -0.1) is 0 Å². The molecule has 2 aliphatic rings. The maximum atomic E-state index is 10.7. The predicted molar refractivity (Wildman–Crippen MR) is 75.5 cm³/mol. The van der Waals surface area contributed by atoms with E-state index in [9.17, 15) is 4.79 Å². The molecule has 1 N–H and O–H groups in total. The highest BCUT2D eigenvalue weighted by Crippen LogP contribution is 2.43. The van der Waals surface area contributed by atoms with Crippen LogP contribution in [0.25, 0.3) is 0 Å². The molecule has 1 heterocycles. The molecule has 0 spiro atoms. The van der Waals surface area contributed by atoms with E-state index in [0.717, 1.165) is 37.6 Å². The van der Waals surface area contributed by atoms with Gasteiger partial charge in [0.1, 0.15) is 0 Å². The molecule has 102 valence electrons. The molecule has 0 unspecified atom stereocenters. The third-order valence-electron chi connectivity index (χ3n) is 4.73. The van der Waals surface area contributed by atoms with Crippen molar-refractivity contribution in [2.45, 2.75) is 31.8 Å². The van der Waals surface area contributed by atoms with Gasteiger partial charge in [0.2, 0.25) is 6.41 Å². The summed E-state index contributed by atoms with van der Waals surface area (Å²) in [5.41, 5.74) is 1.44. The van der Waals surface area contributed by atoms with Gasteiger partial charge in [0, 0.05) is 25.2 Å². The van der Waals surface area contributed by atoms with Gasteiger partial charge in [-0.25, -0.2) is 0 Å². The van der Waals surface area contributed by atoms with Crippen molar-refractivity contribution in [1.82, 2.24) is 10.2 Å². The SMILES string of the molecule is C[C@@]1(NC=O)C[C@H]2CN(Cc3ccccc3)C[C@H]2C1. The van der Waals surface area contributed by atoms with Gasteiger partial charge in [0.05, 0.1) is 0 Å². The van der Waals surface area contributed by atoms with E-state index < -0.39 is 0 Å². The number of fused-ring (bicyclic) bond motifs is 1. The van der Waals surface area contributed by atoms with Gasteiger partial charge >= 0.3 is 0 Å². The van der Waals surface area contributed by atoms with Gasteiger partial charge in [0.15, 0.2) is 0 Å². The Kier molecular flexibility index (Phi) is 3.31. The van der Waals surface area contributed by atoms with Crippen LogP contribution in [-0.4, -0.2) is 29.9 Å². The smallest absolute Gasteiger partial charge is 0.207 e. The van der Waals surface area contributed by atoms with Crippen LogP contribution in [0, 0.1) is 11.8 Å². The molecule has 1 aliphatic heterocycles. The largest absolute Gasteiger partial charge is 0.354 e. The van der Waals surface area contributed by atoms with E-state index in [4.69, 9.17) is 0 Å². The third-order valence-corrected chi connectivity index (χ3v) is 4.73. The molecule has 3 heteroatoms. The summed E-state index contributed by atoms with van der Waals surface area (Å²) in [6.07, 6.45) is 3.12. The molecule has 0 bridgehead atoms. The number of hydrogen-bond acceptors (Lipinski definition) is 2. The quantitative estimate of drug-likeness (QED) is 0.838. The topological polar surface area (TPSA) is 32.3 Å². The van der Waals surface area contributed by atoms with Crippen molar-refractivity contribution in [2.75, 3.05) is 13.1 Å². The number of rotatable bonds is 4. The summed E-state index contributed by atoms with van der Waals surface area (Å²) >= 11 is 0. The Hall–Kier alpha value is -1.35. The molecule has 1 saturated carbocycles. The van der Waals surface area contributed by atoms with Crippen LogP contribution in [0.2, 0.25) is 0 Å². The lowest BCUT2D eigenvalue weighted by Gasteiger charge is -2.26. The molecular formula is C16H22N2O. The van der Waals surface area contributed by atoms with Gasteiger partial charge in [-0.1, -0.05) is 30.3 Å². The van der Waals surface area contributed by atoms with Crippen molar-refractivity contribution < 1.29 is 4.79 Å². The van der Waals surface area contributed by atoms with Crippen molar-refractivity contribution in [3.8, 4) is 0 Å². The molecule has 1 amide bonds. The fraction of sp³-hybridized carbons (Fsp3) is 0.562. The molecule has 3 nitrogen and oxygen atoms in total. The normalized spacial score (nSPS) is 34.2. The lowest BCUT2D eigenvalue weighted by Crippen LogP contribution is -2.40. The number of carbonyl (C=O) groups is 1. The number of amides is 1. The summed E-state index contributed by atoms with van der Waals surface area (Å²) in [6.45, 7) is 5.60. The van der Waals surface area contributed by atoms with Crippen LogP contribution in [0.5, 0.6) is 0 Å². The molecule has 2 fully saturated rings. The first kappa shape index (κ1) is 12.7. The first-order valence-corrected chi connectivity index (χ1v) is 7.16. The zero-order valence-electron chi connectivity index (χ0n) is 11.5. The van der Waals surface area contributed by atoms with Crippen LogP contribution < -0.4 is 5.32 Å². The van der Waals surface area contributed by atoms with E-state index in [0.29, 0.717) is 0 Å². The minimum absolute atomic E-state index is 0.0376. The van der Waals surface area contributed by atoms with Crippen LogP contribution in [0.15, 0.2) is 30.3 Å². The summed E-state index contributed by atoms with van der Waals surface area (Å²) in [5.74, 6) is 1.50. The fourth-order valence-electron chi connectivity index (χ4n) is 3.97. The molecule has 1 saturated heterocycles. The Morgan fingerprint density at radius 3 is 2.47 bits per heavy atom. The first-order chi connectivity index (χ1) is 9.18. The minimum atomic E-state index is 0.0376. The average Bonchev–Trinajstić information content (AvgIpc) is 2.85. The predicted octanol–water partition coefficient (Wildman–Crippen LogP) is 2.03. The van der Waals surface area contributed by atoms with Gasteiger partial charge in [-0.2, -0.15) is 0 Å². The monoisotopic (exact) mass is 258 g/mol. The summed E-state index contributed by atoms with van der Waals surface area (Å²) in [7, 11) is 0. The first-order valence-electron chi connectivity index (χ1n) is 7.16. The lowest BCUT2D eigenvalue weighted by molar-refractivity contribution is -0.111. The van der Waals surface area contributed by atoms with Crippen molar-refractivity contribution in [2.24, 2.45) is 11.8 Å². The van der Waals surface area contributed by atoms with Crippen LogP contribution >= 0.6 is 0 Å². The van der Waals surface area contributed by atoms with E-state index in [1.54, 1.807) is 0 Å². The average molecular weight is 258 g/mol. The molecular weight excluding hydrogens is 236 g/mol. The molecule has 1 aromatic rings. The highest BCUT2D eigenvalue weighted by Gasteiger charge is 2.46. The van der Waals surface area contributed by atoms with E-state index in [2.05, 4.69) is 47.5 Å². The van der Waals surface area contributed by atoms with E-state index in [1.165, 1.54) is 18.7 Å². The fourth-order valence-corrected chi connectivity index (χ4v) is 3.97. The summed E-state index contributed by atoms with van der Waals surface area (Å²) < 4.78 is 0. The Morgan fingerprint density at radius 1 is 1.26 bits per heavy atom. The van der Waals surface area contributed by atoms with Crippen molar-refractivity contribution >= 4 is 6.41 Å². The standard InChI is InChI=1S/C16H22N2O/c1-16(17-12-19)7-14-10-18(11-15(14)8-16)9-13-5-3-2-4-6-13/h2-6,12,14-15H,7-11H2,1H3,(H,17,19)/t14-,15+,16+. The van der Waals surface area contributed by atoms with Crippen LogP contribution in [-0.2, 0) is 11.3 Å². The number of hydrogen-bond donors (Lipinski definition) is 1. The molecule has 0 radical (unpaired) electrons. The number of benzene rings is 1. The maximum Gasteiger partial charge on any atom is 0.207 e. The van der Waals surface area contributed by atoms with Crippen LogP contribution in [0.3, 0.4) is 0 Å². The maximum absolute atomic E-state index is 10.7. The van der Waals surface area contributed by atoms with E-state index in [1.807, 2.05) is 0 Å². The van der Waals surface area contributed by atoms with Crippen molar-refractivity contribution in [3.05, 3.63) is 35.9 Å². The zero-order chi connectivity index (χ0) is 13.3. The second-order valence-corrected chi connectivity index (χ2v) is 6.43. The number of likely N-dealkylation sites (tertiary alicyclic amines) is 1. The van der Waals surface area contributed by atoms with Gasteiger partial charge in [-0.3, -0.25) is 9.69 Å². The molecule has 1 aliphatic carbocycles. The zero-order valence-corrected chi connectivity index (χ0v) is 11.5. The van der Waals surface area contributed by atoms with Gasteiger partial charge < -0.3 is 5.32 Å². The van der Waals surface area contributed by atoms with Gasteiger partial charge in [-0.05, 0) is 37.2 Å². The van der Waals surface area contributed by atoms with Crippen LogP contribution in [0.1, 0.15) is 25.3 Å². The Labute approximate surface area is 115 Å². The minimum Gasteiger partial charge on any atom is -0.354 e. The van der Waals surface area contributed by atoms with E-state index >= 15 is 0 Å². The third kappa shape index (κ3) is 2.66. The highest BCUT2D eigenvalue weighted by molar-refractivity contribution is 5.48. The summed E-state index contributed by atoms with van der Waals surface area (Å²) in [4.78, 5) is 13.2.